The van der Waals surface area contributed by atoms with Crippen molar-refractivity contribution < 1.29 is 49.0 Å². The van der Waals surface area contributed by atoms with Crippen LogP contribution in [0.5, 0.6) is 0 Å². The smallest absolute Gasteiger partial charge is 0.306 e. The Hall–Kier alpha value is -1.30. The van der Waals surface area contributed by atoms with Crippen molar-refractivity contribution in [2.24, 2.45) is 11.8 Å². The minimum atomic E-state index is -1.48. The molecule has 1 aliphatic rings. The van der Waals surface area contributed by atoms with Gasteiger partial charge in [-0.3, -0.25) is 9.59 Å². The fraction of sp³-hybridized carbons (Fsp3) is 0.949. The Morgan fingerprint density at radius 3 is 1.57 bits per heavy atom. The first-order valence-electron chi connectivity index (χ1n) is 19.9. The number of aliphatic hydroxyl groups is 4. The Morgan fingerprint density at radius 1 is 0.653 bits per heavy atom. The molecule has 4 N–H and O–H groups in total. The van der Waals surface area contributed by atoms with Crippen LogP contribution >= 0.6 is 0 Å². The quantitative estimate of drug-likeness (QED) is 0.0420. The lowest BCUT2D eigenvalue weighted by atomic mass is 9.99. The summed E-state index contributed by atoms with van der Waals surface area (Å²) >= 11 is 0. The first kappa shape index (κ1) is 45.7. The van der Waals surface area contributed by atoms with Crippen LogP contribution in [-0.4, -0.2) is 89.0 Å². The van der Waals surface area contributed by atoms with Crippen LogP contribution in [0.1, 0.15) is 169 Å². The average molecular weight is 703 g/mol. The molecular weight excluding hydrogens is 628 g/mol. The second-order valence-electron chi connectivity index (χ2n) is 14.6. The van der Waals surface area contributed by atoms with Gasteiger partial charge in [-0.2, -0.15) is 0 Å². The number of ether oxygens (including phenoxy) is 4. The van der Waals surface area contributed by atoms with E-state index in [1.807, 2.05) is 0 Å². The lowest BCUT2D eigenvalue weighted by Crippen LogP contribution is -2.40. The second-order valence-corrected chi connectivity index (χ2v) is 14.6. The number of carbonyl (C=O) groups excluding carboxylic acids is 2. The van der Waals surface area contributed by atoms with Crippen LogP contribution in [0, 0.1) is 11.8 Å². The molecule has 290 valence electrons. The van der Waals surface area contributed by atoms with Crippen LogP contribution < -0.4 is 0 Å². The molecule has 0 bridgehead atoms. The standard InChI is InChI=1S/C39H74O10/c1-5-30(3)23-19-15-11-7-9-13-17-21-25-34(42)46-28-32(29-47-39-37(45)36(44)38(49-39)33(41)27-40)48-35(43)26-22-18-14-10-8-12-16-20-24-31(4)6-2/h30-33,36-41,44-45H,5-29H2,1-4H3/t30-,31+,32-,33-,36+,37+,38+,39-/m1/s1. The third-order valence-corrected chi connectivity index (χ3v) is 10.0. The summed E-state index contributed by atoms with van der Waals surface area (Å²) in [7, 11) is 0. The molecule has 1 heterocycles. The predicted octanol–water partition coefficient (Wildman–Crippen LogP) is 7.15. The van der Waals surface area contributed by atoms with Crippen LogP contribution in [0.25, 0.3) is 0 Å². The zero-order valence-corrected chi connectivity index (χ0v) is 31.5. The average Bonchev–Trinajstić information content (AvgIpc) is 3.38. The van der Waals surface area contributed by atoms with E-state index in [9.17, 15) is 30.0 Å². The van der Waals surface area contributed by atoms with E-state index in [2.05, 4.69) is 27.7 Å². The molecule has 1 saturated heterocycles. The molecule has 0 amide bonds. The van der Waals surface area contributed by atoms with Crippen LogP contribution in [0.15, 0.2) is 0 Å². The van der Waals surface area contributed by atoms with Gasteiger partial charge < -0.3 is 39.4 Å². The van der Waals surface area contributed by atoms with Crippen molar-refractivity contribution in [1.82, 2.24) is 0 Å². The molecule has 0 aromatic rings. The van der Waals surface area contributed by atoms with E-state index < -0.39 is 49.4 Å². The Balaban J connectivity index is 2.39. The second kappa shape index (κ2) is 29.3. The minimum Gasteiger partial charge on any atom is -0.462 e. The normalized spacial score (nSPS) is 21.7. The highest BCUT2D eigenvalue weighted by molar-refractivity contribution is 5.70. The van der Waals surface area contributed by atoms with Crippen molar-refractivity contribution in [3.8, 4) is 0 Å². The van der Waals surface area contributed by atoms with Crippen LogP contribution in [0.2, 0.25) is 0 Å². The first-order chi connectivity index (χ1) is 23.6. The lowest BCUT2D eigenvalue weighted by Gasteiger charge is -2.22. The van der Waals surface area contributed by atoms with E-state index in [-0.39, 0.29) is 32.0 Å². The third kappa shape index (κ3) is 22.3. The zero-order valence-electron chi connectivity index (χ0n) is 31.5. The highest BCUT2D eigenvalue weighted by Crippen LogP contribution is 2.25. The summed E-state index contributed by atoms with van der Waals surface area (Å²) in [5.74, 6) is 0.845. The zero-order chi connectivity index (χ0) is 36.3. The molecule has 1 fully saturated rings. The van der Waals surface area contributed by atoms with E-state index >= 15 is 0 Å². The monoisotopic (exact) mass is 703 g/mol. The van der Waals surface area contributed by atoms with E-state index in [1.54, 1.807) is 0 Å². The van der Waals surface area contributed by atoms with Crippen LogP contribution in [0.3, 0.4) is 0 Å². The summed E-state index contributed by atoms with van der Waals surface area (Å²) in [6, 6.07) is 0. The van der Waals surface area contributed by atoms with Crippen molar-refractivity contribution in [1.29, 1.82) is 0 Å². The molecule has 1 rings (SSSR count). The number of carbonyl (C=O) groups is 2. The highest BCUT2D eigenvalue weighted by atomic mass is 16.7. The summed E-state index contributed by atoms with van der Waals surface area (Å²) in [4.78, 5) is 25.1. The van der Waals surface area contributed by atoms with Gasteiger partial charge in [0, 0.05) is 12.8 Å². The summed E-state index contributed by atoms with van der Waals surface area (Å²) in [5, 5.41) is 39.6. The van der Waals surface area contributed by atoms with Gasteiger partial charge in [-0.25, -0.2) is 0 Å². The SMILES string of the molecule is CC[C@@H](C)CCCCCCCCCCC(=O)OC[C@H](CO[C@@H]1O[C@@H]([C@H](O)CO)[C@@H](O)[C@@H]1O)OC(=O)CCCCCCCCCC[C@@H](C)CC. The number of unbranched alkanes of at least 4 members (excludes halogenated alkanes) is 14. The molecule has 8 atom stereocenters. The number of aliphatic hydroxyl groups excluding tert-OH is 4. The Kier molecular flexibility index (Phi) is 27.3. The maximum Gasteiger partial charge on any atom is 0.306 e. The number of rotatable bonds is 32. The van der Waals surface area contributed by atoms with Crippen molar-refractivity contribution in [2.75, 3.05) is 19.8 Å². The molecular formula is C39H74O10. The van der Waals surface area contributed by atoms with E-state index in [0.29, 0.717) is 6.42 Å². The molecule has 0 unspecified atom stereocenters. The van der Waals surface area contributed by atoms with E-state index in [0.717, 1.165) is 50.4 Å². The largest absolute Gasteiger partial charge is 0.462 e. The molecule has 49 heavy (non-hydrogen) atoms. The topological polar surface area (TPSA) is 152 Å². The Morgan fingerprint density at radius 2 is 1.10 bits per heavy atom. The van der Waals surface area contributed by atoms with Crippen LogP contribution in [-0.2, 0) is 28.5 Å². The van der Waals surface area contributed by atoms with Gasteiger partial charge >= 0.3 is 11.9 Å². The third-order valence-electron chi connectivity index (χ3n) is 10.0. The van der Waals surface area contributed by atoms with Gasteiger partial charge in [0.05, 0.1) is 13.2 Å². The molecule has 0 radical (unpaired) electrons. The molecule has 10 nitrogen and oxygen atoms in total. The summed E-state index contributed by atoms with van der Waals surface area (Å²) in [6.07, 6.45) is 15.8. The predicted molar refractivity (Wildman–Crippen MR) is 192 cm³/mol. The minimum absolute atomic E-state index is 0.202. The maximum atomic E-state index is 12.7. The van der Waals surface area contributed by atoms with Gasteiger partial charge in [-0.15, -0.1) is 0 Å². The summed E-state index contributed by atoms with van der Waals surface area (Å²) in [6.45, 7) is 8.02. The van der Waals surface area contributed by atoms with Crippen molar-refractivity contribution in [3.05, 3.63) is 0 Å². The molecule has 0 spiro atoms. The summed E-state index contributed by atoms with van der Waals surface area (Å²) < 4.78 is 22.1. The molecule has 0 aromatic carbocycles. The first-order valence-corrected chi connectivity index (χ1v) is 19.9. The Bertz CT molecular complexity index is 811. The lowest BCUT2D eigenvalue weighted by molar-refractivity contribution is -0.200. The number of esters is 2. The highest BCUT2D eigenvalue weighted by Gasteiger charge is 2.46. The van der Waals surface area contributed by atoms with Crippen molar-refractivity contribution in [2.45, 2.75) is 206 Å². The molecule has 1 aliphatic heterocycles. The van der Waals surface area contributed by atoms with Crippen molar-refractivity contribution in [3.63, 3.8) is 0 Å². The van der Waals surface area contributed by atoms with E-state index in [1.165, 1.54) is 83.5 Å². The van der Waals surface area contributed by atoms with E-state index in [4.69, 9.17) is 18.9 Å². The molecule has 10 heteroatoms. The van der Waals surface area contributed by atoms with Crippen molar-refractivity contribution >= 4 is 11.9 Å². The van der Waals surface area contributed by atoms with Crippen LogP contribution in [0.4, 0.5) is 0 Å². The number of hydrogen-bond acceptors (Lipinski definition) is 10. The Labute approximate surface area is 298 Å². The molecule has 0 aliphatic carbocycles. The fourth-order valence-corrected chi connectivity index (χ4v) is 6.11. The maximum absolute atomic E-state index is 12.7. The molecule has 0 saturated carbocycles. The van der Waals surface area contributed by atoms with Gasteiger partial charge in [-0.05, 0) is 24.7 Å². The molecule has 0 aromatic heterocycles. The van der Waals surface area contributed by atoms with Gasteiger partial charge in [-0.1, -0.05) is 143 Å². The fourth-order valence-electron chi connectivity index (χ4n) is 6.11. The number of hydrogen-bond donors (Lipinski definition) is 4. The van der Waals surface area contributed by atoms with Gasteiger partial charge in [0.15, 0.2) is 12.4 Å². The van der Waals surface area contributed by atoms with Gasteiger partial charge in [0.25, 0.3) is 0 Å². The summed E-state index contributed by atoms with van der Waals surface area (Å²) in [5.41, 5.74) is 0. The van der Waals surface area contributed by atoms with Gasteiger partial charge in [0.2, 0.25) is 0 Å². The van der Waals surface area contributed by atoms with Gasteiger partial charge in [0.1, 0.15) is 31.0 Å².